The van der Waals surface area contributed by atoms with Gasteiger partial charge in [-0.05, 0) is 44.4 Å². The maximum Gasteiger partial charge on any atom is 0.296 e. The van der Waals surface area contributed by atoms with E-state index in [9.17, 15) is 9.59 Å². The number of nitrogens with zero attached hydrogens (tertiary/aromatic N) is 3. The number of hydrogen-bond donors (Lipinski definition) is 1. The van der Waals surface area contributed by atoms with Gasteiger partial charge in [0.05, 0.1) is 22.5 Å². The van der Waals surface area contributed by atoms with Crippen LogP contribution in [0, 0.1) is 0 Å². The summed E-state index contributed by atoms with van der Waals surface area (Å²) in [6.45, 7) is 4.53. The molecule has 0 spiro atoms. The van der Waals surface area contributed by atoms with E-state index < -0.39 is 11.7 Å². The van der Waals surface area contributed by atoms with Crippen molar-refractivity contribution in [3.63, 3.8) is 0 Å². The van der Waals surface area contributed by atoms with Crippen LogP contribution in [-0.4, -0.2) is 34.6 Å². The van der Waals surface area contributed by atoms with Gasteiger partial charge in [-0.25, -0.2) is 0 Å². The van der Waals surface area contributed by atoms with Crippen LogP contribution >= 0.6 is 11.6 Å². The number of anilines is 2. The number of ketones is 1. The molecule has 1 aliphatic rings. The summed E-state index contributed by atoms with van der Waals surface area (Å²) >= 11 is 6.37. The lowest BCUT2D eigenvalue weighted by molar-refractivity contribution is -0.112. The highest BCUT2D eigenvalue weighted by Gasteiger charge is 2.19. The predicted molar refractivity (Wildman–Crippen MR) is 98.4 cm³/mol. The lowest BCUT2D eigenvalue weighted by atomic mass is 10.1. The number of carbonyl (C=O) groups excluding carboxylic acids is 2. The van der Waals surface area contributed by atoms with Gasteiger partial charge in [0.1, 0.15) is 0 Å². The average molecular weight is 361 g/mol. The SMILES string of the molecule is CCn1cc(C(=O)C(=O)Nc2ccc(N3CCCCC3)c(Cl)c2)cn1. The number of benzene rings is 1. The minimum Gasteiger partial charge on any atom is -0.370 e. The molecule has 0 aliphatic carbocycles. The van der Waals surface area contributed by atoms with Crippen molar-refractivity contribution in [3.8, 4) is 0 Å². The fourth-order valence-electron chi connectivity index (χ4n) is 2.95. The Labute approximate surface area is 151 Å². The van der Waals surface area contributed by atoms with Crippen LogP contribution in [0.15, 0.2) is 30.6 Å². The second kappa shape index (κ2) is 7.70. The molecule has 1 N–H and O–H groups in total. The lowest BCUT2D eigenvalue weighted by Gasteiger charge is -2.29. The molecule has 132 valence electrons. The third kappa shape index (κ3) is 4.02. The van der Waals surface area contributed by atoms with Crippen LogP contribution in [0.2, 0.25) is 5.02 Å². The number of aryl methyl sites for hydroxylation is 1. The van der Waals surface area contributed by atoms with Gasteiger partial charge < -0.3 is 10.2 Å². The number of rotatable bonds is 5. The number of amides is 1. The summed E-state index contributed by atoms with van der Waals surface area (Å²) in [4.78, 5) is 26.6. The number of piperidine rings is 1. The number of Topliss-reactive ketones (excluding diaryl/α,β-unsaturated/α-hetero) is 1. The quantitative estimate of drug-likeness (QED) is 0.655. The third-order valence-electron chi connectivity index (χ3n) is 4.33. The molecule has 3 rings (SSSR count). The van der Waals surface area contributed by atoms with Crippen LogP contribution < -0.4 is 10.2 Å². The first kappa shape index (κ1) is 17.5. The van der Waals surface area contributed by atoms with Gasteiger partial charge in [-0.15, -0.1) is 0 Å². The number of nitrogens with one attached hydrogen (secondary N) is 1. The molecule has 0 unspecified atom stereocenters. The summed E-state index contributed by atoms with van der Waals surface area (Å²) in [7, 11) is 0. The highest BCUT2D eigenvalue weighted by atomic mass is 35.5. The molecular weight excluding hydrogens is 340 g/mol. The molecule has 1 fully saturated rings. The zero-order chi connectivity index (χ0) is 17.8. The molecule has 1 aromatic heterocycles. The van der Waals surface area contributed by atoms with Crippen molar-refractivity contribution in [2.75, 3.05) is 23.3 Å². The fraction of sp³-hybridized carbons (Fsp3) is 0.389. The van der Waals surface area contributed by atoms with E-state index in [2.05, 4.69) is 15.3 Å². The summed E-state index contributed by atoms with van der Waals surface area (Å²) in [6.07, 6.45) is 6.54. The summed E-state index contributed by atoms with van der Waals surface area (Å²) in [6, 6.07) is 5.35. The Hall–Kier alpha value is -2.34. The highest BCUT2D eigenvalue weighted by molar-refractivity contribution is 6.46. The lowest BCUT2D eigenvalue weighted by Crippen LogP contribution is -2.29. The van der Waals surface area contributed by atoms with Gasteiger partial charge in [0.2, 0.25) is 0 Å². The first-order valence-corrected chi connectivity index (χ1v) is 8.89. The molecule has 2 aromatic rings. The molecule has 25 heavy (non-hydrogen) atoms. The average Bonchev–Trinajstić information content (AvgIpc) is 3.11. The molecule has 0 saturated carbocycles. The minimum atomic E-state index is -0.697. The van der Waals surface area contributed by atoms with Gasteiger partial charge in [-0.2, -0.15) is 5.10 Å². The Morgan fingerprint density at radius 3 is 2.64 bits per heavy atom. The molecular formula is C18H21ClN4O2. The van der Waals surface area contributed by atoms with Crippen LogP contribution in [-0.2, 0) is 11.3 Å². The van der Waals surface area contributed by atoms with Crippen LogP contribution in [0.25, 0.3) is 0 Å². The topological polar surface area (TPSA) is 67.2 Å². The molecule has 1 amide bonds. The molecule has 0 radical (unpaired) electrons. The van der Waals surface area contributed by atoms with E-state index in [4.69, 9.17) is 11.6 Å². The summed E-state index contributed by atoms with van der Waals surface area (Å²) in [5, 5.41) is 7.20. The molecule has 2 heterocycles. The van der Waals surface area contributed by atoms with Crippen molar-refractivity contribution in [2.45, 2.75) is 32.7 Å². The third-order valence-corrected chi connectivity index (χ3v) is 4.63. The number of aromatic nitrogens is 2. The Kier molecular flexibility index (Phi) is 5.38. The van der Waals surface area contributed by atoms with Crippen LogP contribution in [0.4, 0.5) is 11.4 Å². The van der Waals surface area contributed by atoms with Gasteiger partial charge in [-0.3, -0.25) is 14.3 Å². The zero-order valence-corrected chi connectivity index (χ0v) is 14.9. The van der Waals surface area contributed by atoms with Crippen molar-refractivity contribution in [2.24, 2.45) is 0 Å². The Morgan fingerprint density at radius 2 is 2.00 bits per heavy atom. The highest BCUT2D eigenvalue weighted by Crippen LogP contribution is 2.30. The van der Waals surface area contributed by atoms with Crippen LogP contribution in [0.5, 0.6) is 0 Å². The Morgan fingerprint density at radius 1 is 1.24 bits per heavy atom. The van der Waals surface area contributed by atoms with E-state index in [-0.39, 0.29) is 5.56 Å². The second-order valence-electron chi connectivity index (χ2n) is 6.08. The van der Waals surface area contributed by atoms with E-state index in [0.717, 1.165) is 31.6 Å². The normalized spacial score (nSPS) is 14.4. The number of halogens is 1. The van der Waals surface area contributed by atoms with E-state index in [1.807, 2.05) is 13.0 Å². The maximum absolute atomic E-state index is 12.2. The van der Waals surface area contributed by atoms with Crippen LogP contribution in [0.1, 0.15) is 36.5 Å². The molecule has 6 nitrogen and oxygen atoms in total. The smallest absolute Gasteiger partial charge is 0.296 e. The second-order valence-corrected chi connectivity index (χ2v) is 6.49. The molecule has 7 heteroatoms. The monoisotopic (exact) mass is 360 g/mol. The van der Waals surface area contributed by atoms with E-state index in [1.54, 1.807) is 23.0 Å². The van der Waals surface area contributed by atoms with E-state index in [0.29, 0.717) is 17.3 Å². The molecule has 0 atom stereocenters. The van der Waals surface area contributed by atoms with Gasteiger partial charge in [0.25, 0.3) is 11.7 Å². The summed E-state index contributed by atoms with van der Waals surface area (Å²) in [5.41, 5.74) is 1.75. The number of carbonyl (C=O) groups is 2. The van der Waals surface area contributed by atoms with E-state index in [1.165, 1.54) is 12.6 Å². The number of hydrogen-bond acceptors (Lipinski definition) is 4. The molecule has 1 saturated heterocycles. The zero-order valence-electron chi connectivity index (χ0n) is 14.2. The van der Waals surface area contributed by atoms with Gasteiger partial charge in [0, 0.05) is 31.5 Å². The molecule has 1 aliphatic heterocycles. The van der Waals surface area contributed by atoms with Crippen molar-refractivity contribution in [1.29, 1.82) is 0 Å². The van der Waals surface area contributed by atoms with Crippen LogP contribution in [0.3, 0.4) is 0 Å². The summed E-state index contributed by atoms with van der Waals surface area (Å²) in [5.74, 6) is -1.31. The molecule has 1 aromatic carbocycles. The minimum absolute atomic E-state index is 0.274. The van der Waals surface area contributed by atoms with Crippen molar-refractivity contribution >= 4 is 34.7 Å². The Balaban J connectivity index is 1.68. The first-order chi connectivity index (χ1) is 12.1. The predicted octanol–water partition coefficient (Wildman–Crippen LogP) is 3.37. The fourth-order valence-corrected chi connectivity index (χ4v) is 3.25. The van der Waals surface area contributed by atoms with Gasteiger partial charge >= 0.3 is 0 Å². The molecule has 0 bridgehead atoms. The van der Waals surface area contributed by atoms with E-state index >= 15 is 0 Å². The van der Waals surface area contributed by atoms with Crippen molar-refractivity contribution < 1.29 is 9.59 Å². The first-order valence-electron chi connectivity index (χ1n) is 8.51. The Bertz CT molecular complexity index is 781. The maximum atomic E-state index is 12.2. The van der Waals surface area contributed by atoms with Crippen molar-refractivity contribution in [3.05, 3.63) is 41.2 Å². The largest absolute Gasteiger partial charge is 0.370 e. The standard InChI is InChI=1S/C18H21ClN4O2/c1-2-23-12-13(11-20-23)17(24)18(25)21-14-6-7-16(15(19)10-14)22-8-4-3-5-9-22/h6-7,10-12H,2-5,8-9H2,1H3,(H,21,25). The van der Waals surface area contributed by atoms with Crippen molar-refractivity contribution in [1.82, 2.24) is 9.78 Å². The van der Waals surface area contributed by atoms with Gasteiger partial charge in [-0.1, -0.05) is 11.6 Å². The summed E-state index contributed by atoms with van der Waals surface area (Å²) < 4.78 is 1.60. The van der Waals surface area contributed by atoms with Gasteiger partial charge in [0.15, 0.2) is 0 Å².